The van der Waals surface area contributed by atoms with Crippen LogP contribution in [0.5, 0.6) is 0 Å². The first-order chi connectivity index (χ1) is 18.8. The molecule has 1 aliphatic rings. The number of hydrogen-bond acceptors (Lipinski definition) is 5. The van der Waals surface area contributed by atoms with Crippen LogP contribution in [-0.2, 0) is 11.0 Å². The number of nitrogens with zero attached hydrogens (tertiary/aromatic N) is 4. The zero-order chi connectivity index (χ0) is 30.9. The summed E-state index contributed by atoms with van der Waals surface area (Å²) in [5.74, 6) is -3.75. The number of carbonyl (C=O) groups is 3. The molecule has 1 amide bonds. The van der Waals surface area contributed by atoms with Gasteiger partial charge in [0.15, 0.2) is 11.5 Å². The number of pyridine rings is 1. The molecule has 0 atom stereocenters. The highest BCUT2D eigenvalue weighted by molar-refractivity contribution is 6.39. The number of carboxylic acids is 1. The van der Waals surface area contributed by atoms with Crippen LogP contribution in [0.25, 0.3) is 0 Å². The minimum atomic E-state index is -5.13. The lowest BCUT2D eigenvalue weighted by Gasteiger charge is -2.34. The second kappa shape index (κ2) is 12.2. The zero-order valence-electron chi connectivity index (χ0n) is 21.8. The zero-order valence-corrected chi connectivity index (χ0v) is 23.3. The molecular weight excluding hydrogens is 605 g/mol. The highest BCUT2D eigenvalue weighted by Gasteiger charge is 2.50. The van der Waals surface area contributed by atoms with Crippen LogP contribution in [0.2, 0.25) is 10.0 Å². The Morgan fingerprint density at radius 1 is 1.00 bits per heavy atom. The van der Waals surface area contributed by atoms with Crippen LogP contribution < -0.4 is 0 Å². The lowest BCUT2D eigenvalue weighted by Crippen LogP contribution is -2.47. The first kappa shape index (κ1) is 32.6. The van der Waals surface area contributed by atoms with Gasteiger partial charge in [0.05, 0.1) is 45.4 Å². The molecule has 0 bridgehead atoms. The molecule has 1 fully saturated rings. The highest BCUT2D eigenvalue weighted by atomic mass is 35.5. The first-order valence-electron chi connectivity index (χ1n) is 12.4. The van der Waals surface area contributed by atoms with Crippen LogP contribution in [0, 0.1) is 11.3 Å². The van der Waals surface area contributed by atoms with Gasteiger partial charge >= 0.3 is 18.3 Å². The van der Waals surface area contributed by atoms with E-state index in [0.29, 0.717) is 28.6 Å². The van der Waals surface area contributed by atoms with Crippen LogP contribution in [0.1, 0.15) is 78.4 Å². The third-order valence-corrected chi connectivity index (χ3v) is 7.60. The van der Waals surface area contributed by atoms with Crippen molar-refractivity contribution in [1.82, 2.24) is 19.7 Å². The fourth-order valence-electron chi connectivity index (χ4n) is 4.79. The molecule has 3 rings (SSSR count). The van der Waals surface area contributed by atoms with Gasteiger partial charge in [0.2, 0.25) is 0 Å². The summed E-state index contributed by atoms with van der Waals surface area (Å²) in [5, 5.41) is 12.3. The smallest absolute Gasteiger partial charge is 0.433 e. The quantitative estimate of drug-likeness (QED) is 0.243. The van der Waals surface area contributed by atoms with Crippen LogP contribution >= 0.6 is 23.2 Å². The molecule has 226 valence electrons. The van der Waals surface area contributed by atoms with E-state index >= 15 is 0 Å². The third-order valence-electron chi connectivity index (χ3n) is 7.03. The van der Waals surface area contributed by atoms with Gasteiger partial charge in [-0.15, -0.1) is 0 Å². The summed E-state index contributed by atoms with van der Waals surface area (Å²) in [7, 11) is 0. The predicted molar refractivity (Wildman–Crippen MR) is 135 cm³/mol. The lowest BCUT2D eigenvalue weighted by atomic mass is 9.84. The largest absolute Gasteiger partial charge is 0.481 e. The molecule has 2 heterocycles. The summed E-state index contributed by atoms with van der Waals surface area (Å²) < 4.78 is 84.9. The van der Waals surface area contributed by atoms with Crippen LogP contribution in [0.15, 0.2) is 18.6 Å². The second-order valence-electron chi connectivity index (χ2n) is 10.6. The highest BCUT2D eigenvalue weighted by Crippen LogP contribution is 2.41. The minimum absolute atomic E-state index is 0.134. The molecule has 0 aromatic carbocycles. The molecule has 41 heavy (non-hydrogen) atoms. The van der Waals surface area contributed by atoms with Gasteiger partial charge in [0.1, 0.15) is 0 Å². The molecule has 0 spiro atoms. The maximum absolute atomic E-state index is 14.3. The minimum Gasteiger partial charge on any atom is -0.481 e. The van der Waals surface area contributed by atoms with Gasteiger partial charge in [0, 0.05) is 25.4 Å². The van der Waals surface area contributed by atoms with Crippen molar-refractivity contribution in [1.29, 1.82) is 0 Å². The molecule has 8 nitrogen and oxygen atoms in total. The molecule has 0 aliphatic heterocycles. The Morgan fingerprint density at radius 2 is 1.56 bits per heavy atom. The van der Waals surface area contributed by atoms with E-state index in [4.69, 9.17) is 28.3 Å². The molecule has 2 aromatic rings. The van der Waals surface area contributed by atoms with Gasteiger partial charge in [-0.1, -0.05) is 23.2 Å². The van der Waals surface area contributed by atoms with Crippen molar-refractivity contribution >= 4 is 40.9 Å². The number of halogens is 8. The summed E-state index contributed by atoms with van der Waals surface area (Å²) in [6.45, 7) is -0.740. The van der Waals surface area contributed by atoms with E-state index in [1.807, 2.05) is 0 Å². The van der Waals surface area contributed by atoms with Crippen LogP contribution in [-0.4, -0.2) is 61.7 Å². The van der Waals surface area contributed by atoms with Crippen molar-refractivity contribution in [3.8, 4) is 0 Å². The Bertz CT molecular complexity index is 1280. The number of aromatic nitrogens is 3. The maximum Gasteiger partial charge on any atom is 0.433 e. The molecule has 1 N–H and O–H groups in total. The van der Waals surface area contributed by atoms with Crippen LogP contribution in [0.3, 0.4) is 0 Å². The van der Waals surface area contributed by atoms with Crippen molar-refractivity contribution in [3.63, 3.8) is 0 Å². The molecule has 16 heteroatoms. The summed E-state index contributed by atoms with van der Waals surface area (Å²) in [6, 6.07) is -0.825. The number of carbonyl (C=O) groups excluding carboxylic acids is 2. The Balaban J connectivity index is 2.01. The number of ketones is 1. The molecular formula is C25H26Cl2F6N4O4. The predicted octanol–water partition coefficient (Wildman–Crippen LogP) is 6.72. The van der Waals surface area contributed by atoms with E-state index in [1.54, 1.807) is 0 Å². The van der Waals surface area contributed by atoms with Crippen molar-refractivity contribution in [2.45, 2.75) is 64.3 Å². The summed E-state index contributed by atoms with van der Waals surface area (Å²) >= 11 is 12.0. The molecule has 0 saturated heterocycles. The Kier molecular flexibility index (Phi) is 9.68. The van der Waals surface area contributed by atoms with E-state index in [-0.39, 0.29) is 40.8 Å². The fourth-order valence-corrected chi connectivity index (χ4v) is 5.36. The van der Waals surface area contributed by atoms with Gasteiger partial charge in [-0.25, -0.2) is 0 Å². The third kappa shape index (κ3) is 7.51. The van der Waals surface area contributed by atoms with E-state index in [0.717, 1.165) is 26.2 Å². The molecule has 2 aromatic heterocycles. The number of carboxylic acid groups (broad SMARTS) is 1. The van der Waals surface area contributed by atoms with E-state index in [1.165, 1.54) is 0 Å². The molecule has 0 radical (unpaired) electrons. The summed E-state index contributed by atoms with van der Waals surface area (Å²) in [5.41, 5.74) is -5.46. The number of aliphatic carboxylic acids is 1. The Labute approximate surface area is 240 Å². The number of Topliss-reactive ketones (excluding diaryl/α,β-unsaturated/α-hetero) is 1. The fraction of sp³-hybridized carbons (Fsp3) is 0.560. The number of rotatable bonds is 9. The number of hydrogen-bond donors (Lipinski definition) is 1. The Hall–Kier alpha value is -2.87. The summed E-state index contributed by atoms with van der Waals surface area (Å²) in [6.07, 6.45) is -6.51. The normalized spacial score (nSPS) is 18.3. The van der Waals surface area contributed by atoms with E-state index in [2.05, 4.69) is 10.1 Å². The van der Waals surface area contributed by atoms with Gasteiger partial charge in [-0.05, 0) is 45.4 Å². The SMILES string of the molecule is CC(C)(CN(CC(=O)c1c(Cl)cncc1Cl)C(=O)c1cnn([C@H]2CC[C@H](CC(=O)O)CC2)c1C(F)(F)F)C(F)(F)F. The average Bonchev–Trinajstić information content (AvgIpc) is 3.28. The number of alkyl halides is 6. The van der Waals surface area contributed by atoms with Crippen molar-refractivity contribution in [2.24, 2.45) is 11.3 Å². The van der Waals surface area contributed by atoms with Crippen molar-refractivity contribution in [2.75, 3.05) is 13.1 Å². The van der Waals surface area contributed by atoms with Crippen molar-refractivity contribution in [3.05, 3.63) is 45.5 Å². The van der Waals surface area contributed by atoms with Gasteiger partial charge in [0.25, 0.3) is 5.91 Å². The second-order valence-corrected chi connectivity index (χ2v) is 11.4. The van der Waals surface area contributed by atoms with Gasteiger partial charge in [-0.3, -0.25) is 24.0 Å². The topological polar surface area (TPSA) is 105 Å². The summed E-state index contributed by atoms with van der Waals surface area (Å²) in [4.78, 5) is 41.6. The van der Waals surface area contributed by atoms with Crippen molar-refractivity contribution < 1.29 is 45.8 Å². The monoisotopic (exact) mass is 630 g/mol. The Morgan fingerprint density at radius 3 is 2.05 bits per heavy atom. The maximum atomic E-state index is 14.3. The molecule has 1 aliphatic carbocycles. The van der Waals surface area contributed by atoms with E-state index in [9.17, 15) is 40.7 Å². The first-order valence-corrected chi connectivity index (χ1v) is 13.1. The van der Waals surface area contributed by atoms with E-state index < -0.39 is 65.8 Å². The van der Waals surface area contributed by atoms with Crippen LogP contribution in [0.4, 0.5) is 26.3 Å². The lowest BCUT2D eigenvalue weighted by molar-refractivity contribution is -0.214. The number of amides is 1. The van der Waals surface area contributed by atoms with Gasteiger partial charge in [-0.2, -0.15) is 31.4 Å². The molecule has 0 unspecified atom stereocenters. The standard InChI is InChI=1S/C25H26Cl2F6N4O4/c1-23(2,25(31,32)33)12-36(11-18(38)20-16(26)9-34-10-17(20)27)22(41)15-8-35-37(21(15)24(28,29)30)14-5-3-13(4-6-14)7-19(39)40/h8-10,13-14H,3-7,11-12H2,1-2H3,(H,39,40)/t13-,14-. The molecule has 1 saturated carbocycles. The average molecular weight is 631 g/mol. The van der Waals surface area contributed by atoms with Gasteiger partial charge < -0.3 is 10.0 Å².